The molecule has 0 fully saturated rings. The topological polar surface area (TPSA) is 84.8 Å². The summed E-state index contributed by atoms with van der Waals surface area (Å²) in [5.74, 6) is -0.722. The summed E-state index contributed by atoms with van der Waals surface area (Å²) in [6.45, 7) is 4.77. The van der Waals surface area contributed by atoms with Crippen molar-refractivity contribution in [1.82, 2.24) is 14.8 Å². The Bertz CT molecular complexity index is 708. The molecule has 19 heavy (non-hydrogen) atoms. The Hall–Kier alpha value is -2.02. The summed E-state index contributed by atoms with van der Waals surface area (Å²) in [6, 6.07) is 0. The van der Waals surface area contributed by atoms with Gasteiger partial charge in [-0.1, -0.05) is 0 Å². The third kappa shape index (κ3) is 2.55. The van der Waals surface area contributed by atoms with Gasteiger partial charge in [0, 0.05) is 11.1 Å². The third-order valence-corrected chi connectivity index (χ3v) is 3.50. The van der Waals surface area contributed by atoms with Crippen LogP contribution in [0.2, 0.25) is 0 Å². The van der Waals surface area contributed by atoms with E-state index >= 15 is 0 Å². The molecule has 0 aliphatic heterocycles. The number of hydrogen-bond acceptors (Lipinski definition) is 5. The molecular weight excluding hydrogens is 266 g/mol. The number of Topliss-reactive ketones (excluding diaryl/α,β-unsaturated/α-hetero) is 2. The van der Waals surface area contributed by atoms with Crippen LogP contribution in [-0.4, -0.2) is 26.3 Å². The lowest BCUT2D eigenvalue weighted by Crippen LogP contribution is -2.21. The minimum absolute atomic E-state index is 0.0306. The summed E-state index contributed by atoms with van der Waals surface area (Å²) in [6.07, 6.45) is -0.259. The molecule has 0 amide bonds. The van der Waals surface area contributed by atoms with Gasteiger partial charge in [-0.2, -0.15) is 4.68 Å². The highest BCUT2D eigenvalue weighted by Gasteiger charge is 2.21. The molecule has 6 nitrogen and oxygen atoms in total. The number of H-pyrrole nitrogens is 1. The highest BCUT2D eigenvalue weighted by molar-refractivity contribution is 7.12. The van der Waals surface area contributed by atoms with Crippen molar-refractivity contribution in [3.8, 4) is 5.13 Å². The standard InChI is InChI=1S/C12H13N3O3S/c1-6-5-19-12(13-6)15-11(18)10(8(3)14-15)9(17)4-7(2)16/h5,14H,4H2,1-3H3. The van der Waals surface area contributed by atoms with Gasteiger partial charge >= 0.3 is 0 Å². The van der Waals surface area contributed by atoms with Crippen molar-refractivity contribution in [3.05, 3.63) is 32.7 Å². The Balaban J connectivity index is 2.49. The molecule has 0 aliphatic carbocycles. The number of thiazole rings is 1. The maximum absolute atomic E-state index is 12.2. The van der Waals surface area contributed by atoms with Crippen LogP contribution in [-0.2, 0) is 4.79 Å². The fourth-order valence-corrected chi connectivity index (χ4v) is 2.53. The SMILES string of the molecule is CC(=O)CC(=O)c1c(C)[nH]n(-c2nc(C)cs2)c1=O. The van der Waals surface area contributed by atoms with Crippen LogP contribution in [0, 0.1) is 13.8 Å². The van der Waals surface area contributed by atoms with Crippen LogP contribution in [0.3, 0.4) is 0 Å². The Morgan fingerprint density at radius 3 is 2.63 bits per heavy atom. The summed E-state index contributed by atoms with van der Waals surface area (Å²) in [5, 5.41) is 5.11. The zero-order chi connectivity index (χ0) is 14.2. The molecule has 0 atom stereocenters. The number of aromatic amines is 1. The second kappa shape index (κ2) is 4.93. The number of rotatable bonds is 4. The monoisotopic (exact) mass is 279 g/mol. The number of carbonyl (C=O) groups is 2. The number of carbonyl (C=O) groups excluding carboxylic acids is 2. The van der Waals surface area contributed by atoms with E-state index < -0.39 is 11.3 Å². The van der Waals surface area contributed by atoms with Crippen LogP contribution in [0.15, 0.2) is 10.2 Å². The number of aryl methyl sites for hydroxylation is 2. The maximum Gasteiger partial charge on any atom is 0.284 e. The van der Waals surface area contributed by atoms with Gasteiger partial charge in [0.1, 0.15) is 11.3 Å². The highest BCUT2D eigenvalue weighted by Crippen LogP contribution is 2.13. The summed E-state index contributed by atoms with van der Waals surface area (Å²) < 4.78 is 1.24. The van der Waals surface area contributed by atoms with Crippen LogP contribution < -0.4 is 5.56 Å². The lowest BCUT2D eigenvalue weighted by molar-refractivity contribution is -0.116. The molecule has 0 saturated carbocycles. The van der Waals surface area contributed by atoms with Crippen LogP contribution in [0.1, 0.15) is 35.1 Å². The first-order chi connectivity index (χ1) is 8.90. The first-order valence-electron chi connectivity index (χ1n) is 5.67. The molecule has 0 radical (unpaired) electrons. The van der Waals surface area contributed by atoms with Crippen molar-refractivity contribution >= 4 is 22.9 Å². The number of hydrogen-bond donors (Lipinski definition) is 1. The summed E-state index contributed by atoms with van der Waals surface area (Å²) in [5.41, 5.74) is 0.820. The number of nitrogens with one attached hydrogen (secondary N) is 1. The zero-order valence-corrected chi connectivity index (χ0v) is 11.6. The van der Waals surface area contributed by atoms with Crippen molar-refractivity contribution in [3.63, 3.8) is 0 Å². The lowest BCUT2D eigenvalue weighted by Gasteiger charge is -1.93. The van der Waals surface area contributed by atoms with E-state index in [0.717, 1.165) is 5.69 Å². The Kier molecular flexibility index (Phi) is 3.48. The second-order valence-electron chi connectivity index (χ2n) is 4.33. The van der Waals surface area contributed by atoms with Gasteiger partial charge in [0.15, 0.2) is 5.78 Å². The number of aromatic nitrogens is 3. The predicted molar refractivity (Wildman–Crippen MR) is 71.2 cm³/mol. The van der Waals surface area contributed by atoms with Crippen LogP contribution >= 0.6 is 11.3 Å². The van der Waals surface area contributed by atoms with E-state index in [9.17, 15) is 14.4 Å². The van der Waals surface area contributed by atoms with Gasteiger partial charge in [0.25, 0.3) is 5.56 Å². The van der Waals surface area contributed by atoms with Crippen molar-refractivity contribution in [1.29, 1.82) is 0 Å². The smallest absolute Gasteiger partial charge is 0.284 e. The molecule has 0 saturated heterocycles. The van der Waals surface area contributed by atoms with Gasteiger partial charge < -0.3 is 0 Å². The number of ketones is 2. The highest BCUT2D eigenvalue weighted by atomic mass is 32.1. The molecule has 0 aromatic carbocycles. The normalized spacial score (nSPS) is 10.7. The van der Waals surface area contributed by atoms with Crippen LogP contribution in [0.4, 0.5) is 0 Å². The van der Waals surface area contributed by atoms with E-state index in [0.29, 0.717) is 10.8 Å². The molecule has 100 valence electrons. The van der Waals surface area contributed by atoms with E-state index in [1.165, 1.54) is 22.9 Å². The van der Waals surface area contributed by atoms with Crippen LogP contribution in [0.5, 0.6) is 0 Å². The molecule has 7 heteroatoms. The first kappa shape index (κ1) is 13.4. The Morgan fingerprint density at radius 1 is 1.42 bits per heavy atom. The minimum Gasteiger partial charge on any atom is -0.300 e. The fourth-order valence-electron chi connectivity index (χ4n) is 1.77. The molecule has 2 aromatic rings. The van der Waals surface area contributed by atoms with Gasteiger partial charge in [-0.25, -0.2) is 4.98 Å². The van der Waals surface area contributed by atoms with Gasteiger partial charge in [-0.15, -0.1) is 11.3 Å². The second-order valence-corrected chi connectivity index (χ2v) is 5.16. The third-order valence-electron chi connectivity index (χ3n) is 2.56. The molecule has 2 heterocycles. The average molecular weight is 279 g/mol. The number of nitrogens with zero attached hydrogens (tertiary/aromatic N) is 2. The van der Waals surface area contributed by atoms with Gasteiger partial charge in [-0.3, -0.25) is 19.5 Å². The molecule has 0 spiro atoms. The Morgan fingerprint density at radius 2 is 2.11 bits per heavy atom. The first-order valence-corrected chi connectivity index (χ1v) is 6.55. The zero-order valence-electron chi connectivity index (χ0n) is 10.8. The average Bonchev–Trinajstić information content (AvgIpc) is 2.82. The molecule has 1 N–H and O–H groups in total. The largest absolute Gasteiger partial charge is 0.300 e. The van der Waals surface area contributed by atoms with Gasteiger partial charge in [-0.05, 0) is 20.8 Å². The molecule has 2 rings (SSSR count). The van der Waals surface area contributed by atoms with Crippen molar-refractivity contribution in [2.75, 3.05) is 0 Å². The molecular formula is C12H13N3O3S. The lowest BCUT2D eigenvalue weighted by atomic mass is 10.1. The molecule has 0 unspecified atom stereocenters. The van der Waals surface area contributed by atoms with Crippen molar-refractivity contribution in [2.24, 2.45) is 0 Å². The van der Waals surface area contributed by atoms with E-state index in [1.54, 1.807) is 6.92 Å². The summed E-state index contributed by atoms with van der Waals surface area (Å²) in [7, 11) is 0. The molecule has 2 aromatic heterocycles. The predicted octanol–water partition coefficient (Wildman–Crippen LogP) is 1.40. The minimum atomic E-state index is -0.460. The maximum atomic E-state index is 12.2. The van der Waals surface area contributed by atoms with Gasteiger partial charge in [0.2, 0.25) is 5.13 Å². The van der Waals surface area contributed by atoms with E-state index in [4.69, 9.17) is 0 Å². The molecule has 0 bridgehead atoms. The van der Waals surface area contributed by atoms with Gasteiger partial charge in [0.05, 0.1) is 12.1 Å². The van der Waals surface area contributed by atoms with E-state index in [2.05, 4.69) is 10.1 Å². The van der Waals surface area contributed by atoms with Crippen molar-refractivity contribution in [2.45, 2.75) is 27.2 Å². The summed E-state index contributed by atoms with van der Waals surface area (Å²) >= 11 is 1.31. The quantitative estimate of drug-likeness (QED) is 0.677. The fraction of sp³-hybridized carbons (Fsp3) is 0.333. The van der Waals surface area contributed by atoms with E-state index in [1.807, 2.05) is 12.3 Å². The van der Waals surface area contributed by atoms with E-state index in [-0.39, 0.29) is 17.8 Å². The van der Waals surface area contributed by atoms with Crippen LogP contribution in [0.25, 0.3) is 5.13 Å². The van der Waals surface area contributed by atoms with Crippen molar-refractivity contribution < 1.29 is 9.59 Å². The summed E-state index contributed by atoms with van der Waals surface area (Å²) in [4.78, 5) is 39.2. The Labute approximate surface area is 113 Å². The molecule has 0 aliphatic rings.